The zero-order valence-corrected chi connectivity index (χ0v) is 14.0. The summed E-state index contributed by atoms with van der Waals surface area (Å²) in [6, 6.07) is 7.96. The SMILES string of the molecule is CCC(C)NC(=O)c1ccc(CN=C(N)NC(C)CC)cc1. The van der Waals surface area contributed by atoms with E-state index in [9.17, 15) is 4.79 Å². The fourth-order valence-electron chi connectivity index (χ4n) is 1.75. The van der Waals surface area contributed by atoms with Crippen LogP contribution in [0.15, 0.2) is 29.3 Å². The number of rotatable bonds is 7. The average molecular weight is 304 g/mol. The number of nitrogens with one attached hydrogen (secondary N) is 2. The van der Waals surface area contributed by atoms with Crippen molar-refractivity contribution in [3.8, 4) is 0 Å². The second-order valence-corrected chi connectivity index (χ2v) is 5.63. The van der Waals surface area contributed by atoms with Gasteiger partial charge in [-0.2, -0.15) is 0 Å². The summed E-state index contributed by atoms with van der Waals surface area (Å²) in [6.07, 6.45) is 1.91. The summed E-state index contributed by atoms with van der Waals surface area (Å²) in [5, 5.41) is 6.07. The van der Waals surface area contributed by atoms with Gasteiger partial charge in [0.15, 0.2) is 5.96 Å². The summed E-state index contributed by atoms with van der Waals surface area (Å²) in [4.78, 5) is 16.3. The lowest BCUT2D eigenvalue weighted by Crippen LogP contribution is -2.38. The van der Waals surface area contributed by atoms with Gasteiger partial charge in [-0.05, 0) is 44.4 Å². The second kappa shape index (κ2) is 9.07. The molecular formula is C17H28N4O. The minimum Gasteiger partial charge on any atom is -0.370 e. The Morgan fingerprint density at radius 2 is 1.64 bits per heavy atom. The summed E-state index contributed by atoms with van der Waals surface area (Å²) >= 11 is 0. The van der Waals surface area contributed by atoms with Crippen molar-refractivity contribution >= 4 is 11.9 Å². The van der Waals surface area contributed by atoms with Crippen LogP contribution in [-0.4, -0.2) is 24.0 Å². The molecule has 5 nitrogen and oxygen atoms in total. The zero-order chi connectivity index (χ0) is 16.5. The molecule has 2 unspecified atom stereocenters. The van der Waals surface area contributed by atoms with E-state index in [-0.39, 0.29) is 11.9 Å². The third-order valence-corrected chi connectivity index (χ3v) is 3.64. The van der Waals surface area contributed by atoms with Gasteiger partial charge in [0.25, 0.3) is 5.91 Å². The Kier molecular flexibility index (Phi) is 7.43. The Balaban J connectivity index is 2.58. The topological polar surface area (TPSA) is 79.5 Å². The van der Waals surface area contributed by atoms with Crippen LogP contribution in [0.25, 0.3) is 0 Å². The first-order valence-corrected chi connectivity index (χ1v) is 7.92. The maximum Gasteiger partial charge on any atom is 0.251 e. The number of guanidine groups is 1. The van der Waals surface area contributed by atoms with Crippen molar-refractivity contribution in [1.29, 1.82) is 0 Å². The van der Waals surface area contributed by atoms with Crippen LogP contribution in [0.4, 0.5) is 0 Å². The second-order valence-electron chi connectivity index (χ2n) is 5.63. The Bertz CT molecular complexity index is 496. The molecule has 0 heterocycles. The van der Waals surface area contributed by atoms with Gasteiger partial charge in [-0.25, -0.2) is 4.99 Å². The van der Waals surface area contributed by atoms with Crippen molar-refractivity contribution < 1.29 is 4.79 Å². The molecule has 1 aromatic rings. The number of hydrogen-bond donors (Lipinski definition) is 3. The molecule has 0 bridgehead atoms. The first kappa shape index (κ1) is 18.0. The molecule has 0 aromatic heterocycles. The molecule has 22 heavy (non-hydrogen) atoms. The molecule has 122 valence electrons. The van der Waals surface area contributed by atoms with E-state index < -0.39 is 0 Å². The lowest BCUT2D eigenvalue weighted by Gasteiger charge is -2.12. The monoisotopic (exact) mass is 304 g/mol. The summed E-state index contributed by atoms with van der Waals surface area (Å²) in [5.74, 6) is 0.412. The van der Waals surface area contributed by atoms with E-state index in [1.807, 2.05) is 38.1 Å². The highest BCUT2D eigenvalue weighted by atomic mass is 16.1. The van der Waals surface area contributed by atoms with Gasteiger partial charge in [0.1, 0.15) is 0 Å². The summed E-state index contributed by atoms with van der Waals surface area (Å²) in [6.45, 7) is 8.70. The fourth-order valence-corrected chi connectivity index (χ4v) is 1.75. The maximum absolute atomic E-state index is 12.0. The first-order valence-electron chi connectivity index (χ1n) is 7.92. The maximum atomic E-state index is 12.0. The van der Waals surface area contributed by atoms with Gasteiger partial charge in [0.2, 0.25) is 0 Å². The molecular weight excluding hydrogens is 276 g/mol. The van der Waals surface area contributed by atoms with Crippen molar-refractivity contribution in [1.82, 2.24) is 10.6 Å². The van der Waals surface area contributed by atoms with Crippen LogP contribution < -0.4 is 16.4 Å². The lowest BCUT2D eigenvalue weighted by atomic mass is 10.1. The Labute approximate surface area is 133 Å². The average Bonchev–Trinajstić information content (AvgIpc) is 2.52. The van der Waals surface area contributed by atoms with Crippen molar-refractivity contribution in [2.45, 2.75) is 59.2 Å². The van der Waals surface area contributed by atoms with Crippen LogP contribution in [-0.2, 0) is 6.54 Å². The predicted octanol–water partition coefficient (Wildman–Crippen LogP) is 2.42. The number of aliphatic imine (C=N–C) groups is 1. The van der Waals surface area contributed by atoms with Crippen LogP contribution >= 0.6 is 0 Å². The minimum atomic E-state index is -0.0395. The molecule has 1 rings (SSSR count). The zero-order valence-electron chi connectivity index (χ0n) is 14.0. The van der Waals surface area contributed by atoms with Crippen molar-refractivity contribution in [3.63, 3.8) is 0 Å². The smallest absolute Gasteiger partial charge is 0.251 e. The van der Waals surface area contributed by atoms with Crippen LogP contribution in [0.2, 0.25) is 0 Å². The van der Waals surface area contributed by atoms with E-state index in [1.54, 1.807) is 0 Å². The number of benzene rings is 1. The third kappa shape index (κ3) is 6.16. The standard InChI is InChI=1S/C17H28N4O/c1-5-12(3)20-16(22)15-9-7-14(8-10-15)11-19-17(18)21-13(4)6-2/h7-10,12-13H,5-6,11H2,1-4H3,(H,20,22)(H3,18,19,21). The molecule has 2 atom stereocenters. The number of hydrogen-bond acceptors (Lipinski definition) is 2. The van der Waals surface area contributed by atoms with Gasteiger partial charge in [0.05, 0.1) is 6.54 Å². The first-order chi connectivity index (χ1) is 10.5. The largest absolute Gasteiger partial charge is 0.370 e. The fraction of sp³-hybridized carbons (Fsp3) is 0.529. The van der Waals surface area contributed by atoms with Crippen LogP contribution in [0.1, 0.15) is 56.5 Å². The summed E-state index contributed by atoms with van der Waals surface area (Å²) in [5.41, 5.74) is 7.51. The lowest BCUT2D eigenvalue weighted by molar-refractivity contribution is 0.0939. The molecule has 0 aliphatic carbocycles. The van der Waals surface area contributed by atoms with Gasteiger partial charge in [-0.1, -0.05) is 26.0 Å². The highest BCUT2D eigenvalue weighted by Crippen LogP contribution is 2.06. The number of amides is 1. The predicted molar refractivity (Wildman–Crippen MR) is 91.9 cm³/mol. The van der Waals surface area contributed by atoms with E-state index in [0.29, 0.717) is 24.1 Å². The molecule has 0 aliphatic rings. The van der Waals surface area contributed by atoms with Crippen molar-refractivity contribution in [3.05, 3.63) is 35.4 Å². The van der Waals surface area contributed by atoms with Crippen molar-refractivity contribution in [2.75, 3.05) is 0 Å². The third-order valence-electron chi connectivity index (χ3n) is 3.64. The van der Waals surface area contributed by atoms with Gasteiger partial charge in [-0.3, -0.25) is 4.79 Å². The van der Waals surface area contributed by atoms with Crippen molar-refractivity contribution in [2.24, 2.45) is 10.7 Å². The van der Waals surface area contributed by atoms with E-state index >= 15 is 0 Å². The Morgan fingerprint density at radius 1 is 1.09 bits per heavy atom. The van der Waals surface area contributed by atoms with E-state index in [1.165, 1.54) is 0 Å². The minimum absolute atomic E-state index is 0.0395. The number of carbonyl (C=O) groups excluding carboxylic acids is 1. The van der Waals surface area contributed by atoms with Crippen LogP contribution in [0.5, 0.6) is 0 Å². The molecule has 0 spiro atoms. The van der Waals surface area contributed by atoms with E-state index in [2.05, 4.69) is 29.5 Å². The van der Waals surface area contributed by atoms with Gasteiger partial charge in [-0.15, -0.1) is 0 Å². The van der Waals surface area contributed by atoms with Gasteiger partial charge < -0.3 is 16.4 Å². The highest BCUT2D eigenvalue weighted by Gasteiger charge is 2.08. The molecule has 4 N–H and O–H groups in total. The van der Waals surface area contributed by atoms with E-state index in [4.69, 9.17) is 5.73 Å². The number of nitrogens with two attached hydrogens (primary N) is 1. The quantitative estimate of drug-likeness (QED) is 0.534. The Hall–Kier alpha value is -2.04. The molecule has 0 saturated carbocycles. The number of carbonyl (C=O) groups is 1. The molecule has 0 saturated heterocycles. The molecule has 5 heteroatoms. The normalized spacial score (nSPS) is 14.3. The molecule has 1 aromatic carbocycles. The molecule has 1 amide bonds. The van der Waals surface area contributed by atoms with Gasteiger partial charge in [0, 0.05) is 17.6 Å². The summed E-state index contributed by atoms with van der Waals surface area (Å²) < 4.78 is 0. The number of nitrogens with zero attached hydrogens (tertiary/aromatic N) is 1. The Morgan fingerprint density at radius 3 is 2.18 bits per heavy atom. The molecule has 0 radical (unpaired) electrons. The van der Waals surface area contributed by atoms with E-state index in [0.717, 1.165) is 18.4 Å². The highest BCUT2D eigenvalue weighted by molar-refractivity contribution is 5.94. The molecule has 0 fully saturated rings. The summed E-state index contributed by atoms with van der Waals surface area (Å²) in [7, 11) is 0. The van der Waals surface area contributed by atoms with Gasteiger partial charge >= 0.3 is 0 Å². The van der Waals surface area contributed by atoms with Crippen LogP contribution in [0, 0.1) is 0 Å². The molecule has 0 aliphatic heterocycles. The van der Waals surface area contributed by atoms with Crippen LogP contribution in [0.3, 0.4) is 0 Å².